The second-order valence-corrected chi connectivity index (χ2v) is 6.54. The summed E-state index contributed by atoms with van der Waals surface area (Å²) in [6.07, 6.45) is 1.07. The second-order valence-electron chi connectivity index (χ2n) is 5.70. The Morgan fingerprint density at radius 1 is 1.08 bits per heavy atom. The average molecular weight is 368 g/mol. The van der Waals surface area contributed by atoms with E-state index in [1.54, 1.807) is 7.11 Å². The number of hydrogen-bond acceptors (Lipinski definition) is 3. The van der Waals surface area contributed by atoms with Crippen molar-refractivity contribution in [2.75, 3.05) is 7.11 Å². The van der Waals surface area contributed by atoms with Crippen molar-refractivity contribution in [1.29, 1.82) is 0 Å². The SMILES string of the molecule is CCC(C)NCc1cc(OC)c(OCc2ccc(Cl)cc2)cc1Cl. The van der Waals surface area contributed by atoms with Gasteiger partial charge in [0.15, 0.2) is 11.5 Å². The molecule has 2 rings (SSSR count). The first kappa shape index (κ1) is 18.9. The van der Waals surface area contributed by atoms with Crippen LogP contribution in [0.25, 0.3) is 0 Å². The Morgan fingerprint density at radius 3 is 2.42 bits per heavy atom. The van der Waals surface area contributed by atoms with Crippen LogP contribution in [0.1, 0.15) is 31.4 Å². The fourth-order valence-electron chi connectivity index (χ4n) is 2.16. The van der Waals surface area contributed by atoms with Gasteiger partial charge in [-0.25, -0.2) is 0 Å². The topological polar surface area (TPSA) is 30.5 Å². The molecular weight excluding hydrogens is 345 g/mol. The fourth-order valence-corrected chi connectivity index (χ4v) is 2.50. The fraction of sp³-hybridized carbons (Fsp3) is 0.368. The maximum absolute atomic E-state index is 6.39. The Bertz CT molecular complexity index is 659. The summed E-state index contributed by atoms with van der Waals surface area (Å²) in [5.74, 6) is 1.30. The molecule has 3 nitrogen and oxygen atoms in total. The molecule has 1 N–H and O–H groups in total. The first-order valence-electron chi connectivity index (χ1n) is 8.00. The standard InChI is InChI=1S/C19H23Cl2NO2/c1-4-13(2)22-11-15-9-18(23-3)19(10-17(15)21)24-12-14-5-7-16(20)8-6-14/h5-10,13,22H,4,11-12H2,1-3H3. The Kier molecular flexibility index (Phi) is 7.22. The molecule has 0 amide bonds. The van der Waals surface area contributed by atoms with Gasteiger partial charge < -0.3 is 14.8 Å². The summed E-state index contributed by atoms with van der Waals surface area (Å²) < 4.78 is 11.3. The van der Waals surface area contributed by atoms with Crippen molar-refractivity contribution in [3.05, 3.63) is 57.6 Å². The van der Waals surface area contributed by atoms with E-state index in [9.17, 15) is 0 Å². The van der Waals surface area contributed by atoms with Gasteiger partial charge in [0.2, 0.25) is 0 Å². The molecule has 130 valence electrons. The normalized spacial score (nSPS) is 12.0. The number of halogens is 2. The third kappa shape index (κ3) is 5.30. The van der Waals surface area contributed by atoms with Crippen molar-refractivity contribution < 1.29 is 9.47 Å². The van der Waals surface area contributed by atoms with Crippen LogP contribution in [0.15, 0.2) is 36.4 Å². The van der Waals surface area contributed by atoms with Crippen LogP contribution in [0.2, 0.25) is 10.0 Å². The minimum Gasteiger partial charge on any atom is -0.493 e. The Labute approximate surface area is 153 Å². The number of hydrogen-bond donors (Lipinski definition) is 1. The largest absolute Gasteiger partial charge is 0.493 e. The highest BCUT2D eigenvalue weighted by molar-refractivity contribution is 6.31. The van der Waals surface area contributed by atoms with Crippen molar-refractivity contribution in [2.24, 2.45) is 0 Å². The smallest absolute Gasteiger partial charge is 0.163 e. The van der Waals surface area contributed by atoms with E-state index in [0.717, 1.165) is 17.5 Å². The summed E-state index contributed by atoms with van der Waals surface area (Å²) >= 11 is 12.3. The molecule has 5 heteroatoms. The molecule has 0 aliphatic rings. The minimum atomic E-state index is 0.425. The molecule has 1 atom stereocenters. The summed E-state index contributed by atoms with van der Waals surface area (Å²) in [5.41, 5.74) is 2.02. The number of rotatable bonds is 8. The number of methoxy groups -OCH3 is 1. The second kappa shape index (κ2) is 9.16. The molecule has 0 aliphatic carbocycles. The molecule has 0 aromatic heterocycles. The van der Waals surface area contributed by atoms with Gasteiger partial charge in [-0.1, -0.05) is 42.3 Å². The van der Waals surface area contributed by atoms with Gasteiger partial charge in [0.05, 0.1) is 7.11 Å². The average Bonchev–Trinajstić information content (AvgIpc) is 2.60. The lowest BCUT2D eigenvalue weighted by atomic mass is 10.1. The van der Waals surface area contributed by atoms with Crippen molar-refractivity contribution >= 4 is 23.2 Å². The van der Waals surface area contributed by atoms with Crippen LogP contribution in [-0.2, 0) is 13.2 Å². The zero-order valence-electron chi connectivity index (χ0n) is 14.2. The van der Waals surface area contributed by atoms with Gasteiger partial charge in [0.1, 0.15) is 6.61 Å². The predicted molar refractivity (Wildman–Crippen MR) is 100 cm³/mol. The van der Waals surface area contributed by atoms with Gasteiger partial charge in [-0.15, -0.1) is 0 Å². The highest BCUT2D eigenvalue weighted by Crippen LogP contribution is 2.34. The third-order valence-corrected chi connectivity index (χ3v) is 4.50. The lowest BCUT2D eigenvalue weighted by molar-refractivity contribution is 0.284. The number of benzene rings is 2. The van der Waals surface area contributed by atoms with Gasteiger partial charge in [0, 0.05) is 28.7 Å². The van der Waals surface area contributed by atoms with E-state index in [2.05, 4.69) is 19.2 Å². The van der Waals surface area contributed by atoms with Crippen LogP contribution in [-0.4, -0.2) is 13.2 Å². The molecule has 0 bridgehead atoms. The van der Waals surface area contributed by atoms with E-state index < -0.39 is 0 Å². The lowest BCUT2D eigenvalue weighted by Gasteiger charge is -2.16. The molecule has 2 aromatic carbocycles. The van der Waals surface area contributed by atoms with Gasteiger partial charge in [0.25, 0.3) is 0 Å². The van der Waals surface area contributed by atoms with Crippen molar-refractivity contribution in [1.82, 2.24) is 5.32 Å². The van der Waals surface area contributed by atoms with Crippen LogP contribution in [0.4, 0.5) is 0 Å². The Morgan fingerprint density at radius 2 is 1.79 bits per heavy atom. The molecule has 0 fully saturated rings. The predicted octanol–water partition coefficient (Wildman–Crippen LogP) is 5.47. The first-order chi connectivity index (χ1) is 11.5. The molecular formula is C19H23Cl2NO2. The summed E-state index contributed by atoms with van der Waals surface area (Å²) in [4.78, 5) is 0. The lowest BCUT2D eigenvalue weighted by Crippen LogP contribution is -2.24. The van der Waals surface area contributed by atoms with Crippen molar-refractivity contribution in [3.8, 4) is 11.5 Å². The Hall–Kier alpha value is -1.42. The quantitative estimate of drug-likeness (QED) is 0.670. The summed E-state index contributed by atoms with van der Waals surface area (Å²) in [6.45, 7) is 5.41. The zero-order chi connectivity index (χ0) is 17.5. The van der Waals surface area contributed by atoms with E-state index in [-0.39, 0.29) is 0 Å². The van der Waals surface area contributed by atoms with Crippen LogP contribution >= 0.6 is 23.2 Å². The maximum Gasteiger partial charge on any atom is 0.163 e. The first-order valence-corrected chi connectivity index (χ1v) is 8.76. The molecule has 0 heterocycles. The minimum absolute atomic E-state index is 0.425. The highest BCUT2D eigenvalue weighted by Gasteiger charge is 2.11. The molecule has 0 saturated carbocycles. The van der Waals surface area contributed by atoms with Gasteiger partial charge in [-0.3, -0.25) is 0 Å². The van der Waals surface area contributed by atoms with Crippen molar-refractivity contribution in [3.63, 3.8) is 0 Å². The molecule has 0 radical (unpaired) electrons. The Balaban J connectivity index is 2.09. The maximum atomic E-state index is 6.39. The van der Waals surface area contributed by atoms with Gasteiger partial charge in [-0.2, -0.15) is 0 Å². The van der Waals surface area contributed by atoms with Crippen LogP contribution in [0.3, 0.4) is 0 Å². The van der Waals surface area contributed by atoms with E-state index >= 15 is 0 Å². The van der Waals surface area contributed by atoms with E-state index in [1.165, 1.54) is 0 Å². The molecule has 0 spiro atoms. The number of ether oxygens (including phenoxy) is 2. The number of nitrogens with one attached hydrogen (secondary N) is 1. The zero-order valence-corrected chi connectivity index (χ0v) is 15.7. The van der Waals surface area contributed by atoms with Crippen molar-refractivity contribution in [2.45, 2.75) is 39.5 Å². The molecule has 1 unspecified atom stereocenters. The van der Waals surface area contributed by atoms with E-state index in [1.807, 2.05) is 36.4 Å². The summed E-state index contributed by atoms with van der Waals surface area (Å²) in [5, 5.41) is 4.80. The highest BCUT2D eigenvalue weighted by atomic mass is 35.5. The van der Waals surface area contributed by atoms with Gasteiger partial charge in [-0.05, 0) is 42.7 Å². The third-order valence-electron chi connectivity index (χ3n) is 3.89. The van der Waals surface area contributed by atoms with Crippen LogP contribution < -0.4 is 14.8 Å². The molecule has 24 heavy (non-hydrogen) atoms. The van der Waals surface area contributed by atoms with Crippen LogP contribution in [0, 0.1) is 0 Å². The molecule has 2 aromatic rings. The monoisotopic (exact) mass is 367 g/mol. The van der Waals surface area contributed by atoms with Crippen LogP contribution in [0.5, 0.6) is 11.5 Å². The molecule has 0 saturated heterocycles. The summed E-state index contributed by atoms with van der Waals surface area (Å²) in [6, 6.07) is 11.7. The molecule has 0 aliphatic heterocycles. The summed E-state index contributed by atoms with van der Waals surface area (Å²) in [7, 11) is 1.63. The van der Waals surface area contributed by atoms with Gasteiger partial charge >= 0.3 is 0 Å². The van der Waals surface area contributed by atoms with E-state index in [4.69, 9.17) is 32.7 Å². The van der Waals surface area contributed by atoms with E-state index in [0.29, 0.717) is 40.7 Å².